The number of nitrogens with zero attached hydrogens (tertiary/aromatic N) is 5. The van der Waals surface area contributed by atoms with Gasteiger partial charge in [0.2, 0.25) is 0 Å². The van der Waals surface area contributed by atoms with Crippen molar-refractivity contribution in [2.75, 3.05) is 0 Å². The fourth-order valence-electron chi connectivity index (χ4n) is 7.79. The first-order chi connectivity index (χ1) is 27.8. The number of para-hydroxylation sites is 3. The fraction of sp³-hybridized carbons (Fsp3) is 0. The minimum atomic E-state index is 0.630. The van der Waals surface area contributed by atoms with Crippen molar-refractivity contribution in [1.29, 1.82) is 0 Å². The first-order valence-corrected chi connectivity index (χ1v) is 18.6. The number of aromatic nitrogens is 5. The quantitative estimate of drug-likeness (QED) is 0.171. The van der Waals surface area contributed by atoms with Gasteiger partial charge in [0.25, 0.3) is 0 Å². The molecule has 4 aromatic heterocycles. The number of hydrogen-bond acceptors (Lipinski definition) is 5. The van der Waals surface area contributed by atoms with Crippen LogP contribution in [-0.2, 0) is 0 Å². The molecule has 0 bridgehead atoms. The Morgan fingerprint density at radius 3 is 1.43 bits per heavy atom. The molecule has 0 radical (unpaired) electrons. The van der Waals surface area contributed by atoms with E-state index in [0.717, 1.165) is 88.6 Å². The van der Waals surface area contributed by atoms with Crippen LogP contribution in [0, 0.1) is 0 Å². The number of benzene rings is 7. The third-order valence-corrected chi connectivity index (χ3v) is 10.5. The average molecular weight is 718 g/mol. The van der Waals surface area contributed by atoms with Gasteiger partial charge < -0.3 is 4.42 Å². The van der Waals surface area contributed by atoms with Crippen LogP contribution in [0.2, 0.25) is 0 Å². The van der Waals surface area contributed by atoms with Crippen molar-refractivity contribution in [3.8, 4) is 62.2 Å². The maximum Gasteiger partial charge on any atom is 0.164 e. The van der Waals surface area contributed by atoms with Crippen LogP contribution in [0.3, 0.4) is 0 Å². The largest absolute Gasteiger partial charge is 0.455 e. The lowest BCUT2D eigenvalue weighted by molar-refractivity contribution is 0.672. The van der Waals surface area contributed by atoms with Crippen molar-refractivity contribution in [3.63, 3.8) is 0 Å². The molecular formula is C50H31N5O. The van der Waals surface area contributed by atoms with Gasteiger partial charge in [-0.15, -0.1) is 0 Å². The molecule has 56 heavy (non-hydrogen) atoms. The summed E-state index contributed by atoms with van der Waals surface area (Å²) in [5.41, 5.74) is 11.6. The zero-order chi connectivity index (χ0) is 37.0. The van der Waals surface area contributed by atoms with Gasteiger partial charge in [0, 0.05) is 38.7 Å². The molecule has 6 heteroatoms. The monoisotopic (exact) mass is 717 g/mol. The van der Waals surface area contributed by atoms with Gasteiger partial charge in [0.15, 0.2) is 17.5 Å². The molecule has 0 aliphatic heterocycles. The predicted molar refractivity (Wildman–Crippen MR) is 226 cm³/mol. The van der Waals surface area contributed by atoms with Crippen LogP contribution in [0.25, 0.3) is 106 Å². The summed E-state index contributed by atoms with van der Waals surface area (Å²) < 4.78 is 8.97. The van der Waals surface area contributed by atoms with Crippen LogP contribution in [0.15, 0.2) is 192 Å². The van der Waals surface area contributed by atoms with E-state index in [4.69, 9.17) is 24.4 Å². The van der Waals surface area contributed by atoms with Gasteiger partial charge in [0.05, 0.1) is 22.0 Å². The van der Waals surface area contributed by atoms with Crippen molar-refractivity contribution in [2.45, 2.75) is 0 Å². The highest BCUT2D eigenvalue weighted by Gasteiger charge is 2.23. The Morgan fingerprint density at radius 1 is 0.357 bits per heavy atom. The van der Waals surface area contributed by atoms with E-state index in [1.165, 1.54) is 0 Å². The highest BCUT2D eigenvalue weighted by molar-refractivity contribution is 6.25. The van der Waals surface area contributed by atoms with E-state index >= 15 is 0 Å². The lowest BCUT2D eigenvalue weighted by Crippen LogP contribution is -2.00. The zero-order valence-corrected chi connectivity index (χ0v) is 30.0. The SMILES string of the molecule is c1ccc(-c2nc(-c3ccccc3)nc(-c3ccc(-c4ccc(-c5nc6c(c7ccccc7n6-c6ccccc6)c6oc7ccccc7c56)cc4)cc3)n2)cc1. The molecule has 0 amide bonds. The number of rotatable bonds is 6. The second-order valence-electron chi connectivity index (χ2n) is 13.8. The van der Waals surface area contributed by atoms with Crippen molar-refractivity contribution in [1.82, 2.24) is 24.5 Å². The Labute approximate surface area is 322 Å². The van der Waals surface area contributed by atoms with Gasteiger partial charge in [0.1, 0.15) is 16.8 Å². The molecule has 0 saturated carbocycles. The highest BCUT2D eigenvalue weighted by atomic mass is 16.3. The fourth-order valence-corrected chi connectivity index (χ4v) is 7.79. The maximum absolute atomic E-state index is 6.72. The molecule has 0 N–H and O–H groups in total. The summed E-state index contributed by atoms with van der Waals surface area (Å²) in [4.78, 5) is 20.2. The number of furan rings is 1. The molecule has 262 valence electrons. The van der Waals surface area contributed by atoms with E-state index in [1.807, 2.05) is 78.9 Å². The summed E-state index contributed by atoms with van der Waals surface area (Å²) in [5, 5.41) is 4.19. The molecular weight excluding hydrogens is 687 g/mol. The van der Waals surface area contributed by atoms with Crippen LogP contribution >= 0.6 is 0 Å². The third-order valence-electron chi connectivity index (χ3n) is 10.5. The standard InChI is InChI=1S/C50H31N5O/c1-4-14-35(15-5-1)47-52-48(36-16-6-2-7-17-36)54-49(53-47)37-30-26-33(27-31-37)32-24-28-34(29-25-32)45-43-40-21-11-13-23-42(40)56-46(43)44-39-20-10-12-22-41(39)55(50(44)51-45)38-18-8-3-9-19-38/h1-31H. The molecule has 4 heterocycles. The number of pyridine rings is 1. The van der Waals surface area contributed by atoms with Gasteiger partial charge in [-0.1, -0.05) is 164 Å². The maximum atomic E-state index is 6.72. The van der Waals surface area contributed by atoms with Crippen molar-refractivity contribution >= 4 is 43.9 Å². The number of fused-ring (bicyclic) bond motifs is 7. The highest BCUT2D eigenvalue weighted by Crippen LogP contribution is 2.44. The molecule has 0 atom stereocenters. The van der Waals surface area contributed by atoms with Crippen LogP contribution in [0.1, 0.15) is 0 Å². The van der Waals surface area contributed by atoms with Gasteiger partial charge in [-0.2, -0.15) is 0 Å². The summed E-state index contributed by atoms with van der Waals surface area (Å²) >= 11 is 0. The van der Waals surface area contributed by atoms with Crippen molar-refractivity contribution in [3.05, 3.63) is 188 Å². The van der Waals surface area contributed by atoms with E-state index in [-0.39, 0.29) is 0 Å². The molecule has 7 aromatic carbocycles. The first kappa shape index (κ1) is 31.8. The second-order valence-corrected chi connectivity index (χ2v) is 13.8. The van der Waals surface area contributed by atoms with E-state index in [9.17, 15) is 0 Å². The summed E-state index contributed by atoms with van der Waals surface area (Å²) in [5.74, 6) is 1.92. The summed E-state index contributed by atoms with van der Waals surface area (Å²) in [7, 11) is 0. The van der Waals surface area contributed by atoms with E-state index in [0.29, 0.717) is 17.5 Å². The van der Waals surface area contributed by atoms with Crippen LogP contribution in [0.5, 0.6) is 0 Å². The van der Waals surface area contributed by atoms with Gasteiger partial charge in [-0.05, 0) is 35.4 Å². The second kappa shape index (κ2) is 13.0. The molecule has 0 unspecified atom stereocenters. The zero-order valence-electron chi connectivity index (χ0n) is 30.0. The lowest BCUT2D eigenvalue weighted by Gasteiger charge is -2.10. The van der Waals surface area contributed by atoms with Crippen molar-refractivity contribution < 1.29 is 4.42 Å². The first-order valence-electron chi connectivity index (χ1n) is 18.6. The Balaban J connectivity index is 1.01. The summed E-state index contributed by atoms with van der Waals surface area (Å²) in [6.07, 6.45) is 0. The Bertz CT molecular complexity index is 3150. The predicted octanol–water partition coefficient (Wildman–Crippen LogP) is 12.6. The van der Waals surface area contributed by atoms with E-state index in [2.05, 4.69) is 114 Å². The molecule has 11 aromatic rings. The normalized spacial score (nSPS) is 11.6. The Kier molecular flexibility index (Phi) is 7.38. The van der Waals surface area contributed by atoms with Crippen molar-refractivity contribution in [2.24, 2.45) is 0 Å². The minimum absolute atomic E-state index is 0.630. The van der Waals surface area contributed by atoms with E-state index in [1.54, 1.807) is 0 Å². The molecule has 6 nitrogen and oxygen atoms in total. The topological polar surface area (TPSA) is 69.6 Å². The smallest absolute Gasteiger partial charge is 0.164 e. The Morgan fingerprint density at radius 2 is 0.821 bits per heavy atom. The van der Waals surface area contributed by atoms with Gasteiger partial charge in [-0.25, -0.2) is 19.9 Å². The molecule has 0 aliphatic rings. The lowest BCUT2D eigenvalue weighted by atomic mass is 9.99. The van der Waals surface area contributed by atoms with Crippen LogP contribution in [0.4, 0.5) is 0 Å². The molecule has 0 spiro atoms. The van der Waals surface area contributed by atoms with E-state index < -0.39 is 0 Å². The Hall–Kier alpha value is -7.70. The number of hydrogen-bond donors (Lipinski definition) is 0. The molecule has 0 aliphatic carbocycles. The molecule has 0 saturated heterocycles. The molecule has 11 rings (SSSR count). The van der Waals surface area contributed by atoms with Gasteiger partial charge in [-0.3, -0.25) is 4.57 Å². The van der Waals surface area contributed by atoms with Crippen LogP contribution in [-0.4, -0.2) is 24.5 Å². The minimum Gasteiger partial charge on any atom is -0.455 e. The van der Waals surface area contributed by atoms with Gasteiger partial charge >= 0.3 is 0 Å². The van der Waals surface area contributed by atoms with Crippen LogP contribution < -0.4 is 0 Å². The average Bonchev–Trinajstić information content (AvgIpc) is 3.83. The third kappa shape index (κ3) is 5.27. The molecule has 0 fully saturated rings. The summed E-state index contributed by atoms with van der Waals surface area (Å²) in [6.45, 7) is 0. The summed E-state index contributed by atoms with van der Waals surface area (Å²) in [6, 6.07) is 64.3.